The zero-order chi connectivity index (χ0) is 20.8. The highest BCUT2D eigenvalue weighted by Crippen LogP contribution is 2.49. The van der Waals surface area contributed by atoms with Gasteiger partial charge in [0.25, 0.3) is 0 Å². The molecule has 0 amide bonds. The molecule has 0 radical (unpaired) electrons. The Kier molecular flexibility index (Phi) is 12.5. The number of hydrogen-bond acceptors (Lipinski definition) is 2. The molecule has 3 unspecified atom stereocenters. The van der Waals surface area contributed by atoms with Crippen LogP contribution in [0.15, 0.2) is 0 Å². The Hall–Kier alpha value is -1.06. The Labute approximate surface area is 172 Å². The highest BCUT2D eigenvalue weighted by atomic mass is 16.4. The first kappa shape index (κ1) is 25.0. The number of aliphatic carboxylic acids is 2. The van der Waals surface area contributed by atoms with E-state index in [-0.39, 0.29) is 11.8 Å². The smallest absolute Gasteiger partial charge is 0.309 e. The summed E-state index contributed by atoms with van der Waals surface area (Å²) in [4.78, 5) is 23.9. The van der Waals surface area contributed by atoms with Crippen molar-refractivity contribution in [2.24, 2.45) is 17.3 Å². The summed E-state index contributed by atoms with van der Waals surface area (Å²) in [6, 6.07) is 0. The summed E-state index contributed by atoms with van der Waals surface area (Å²) >= 11 is 0. The summed E-state index contributed by atoms with van der Waals surface area (Å²) in [5, 5.41) is 19.6. The minimum absolute atomic E-state index is 0.0154. The van der Waals surface area contributed by atoms with Gasteiger partial charge in [-0.2, -0.15) is 0 Å². The van der Waals surface area contributed by atoms with Crippen LogP contribution >= 0.6 is 0 Å². The van der Waals surface area contributed by atoms with Gasteiger partial charge in [0.2, 0.25) is 0 Å². The van der Waals surface area contributed by atoms with Gasteiger partial charge >= 0.3 is 11.9 Å². The Morgan fingerprint density at radius 2 is 1.36 bits per heavy atom. The molecule has 164 valence electrons. The normalized spacial score (nSPS) is 24.9. The second-order valence-corrected chi connectivity index (χ2v) is 9.04. The van der Waals surface area contributed by atoms with Crippen molar-refractivity contribution >= 4 is 11.9 Å². The van der Waals surface area contributed by atoms with Gasteiger partial charge in [0.1, 0.15) is 0 Å². The monoisotopic (exact) mass is 396 g/mol. The molecule has 0 aliphatic heterocycles. The van der Waals surface area contributed by atoms with E-state index < -0.39 is 17.4 Å². The molecule has 3 atom stereocenters. The minimum Gasteiger partial charge on any atom is -0.481 e. The highest BCUT2D eigenvalue weighted by molar-refractivity contribution is 5.76. The van der Waals surface area contributed by atoms with Gasteiger partial charge in [0, 0.05) is 0 Å². The van der Waals surface area contributed by atoms with Crippen LogP contribution in [0, 0.1) is 17.3 Å². The minimum atomic E-state index is -0.744. The van der Waals surface area contributed by atoms with Crippen molar-refractivity contribution in [3.8, 4) is 0 Å². The molecular formula is C24H44O4. The highest BCUT2D eigenvalue weighted by Gasteiger charge is 2.49. The quantitative estimate of drug-likeness (QED) is 0.274. The molecule has 0 heterocycles. The van der Waals surface area contributed by atoms with Crippen molar-refractivity contribution in [1.29, 1.82) is 0 Å². The Balaban J connectivity index is 2.66. The topological polar surface area (TPSA) is 74.6 Å². The fourth-order valence-electron chi connectivity index (χ4n) is 5.05. The molecular weight excluding hydrogens is 352 g/mol. The van der Waals surface area contributed by atoms with Gasteiger partial charge in [0.05, 0.1) is 11.3 Å². The fourth-order valence-corrected chi connectivity index (χ4v) is 5.05. The van der Waals surface area contributed by atoms with E-state index in [1.54, 1.807) is 0 Å². The average molecular weight is 397 g/mol. The van der Waals surface area contributed by atoms with Crippen LogP contribution in [0.5, 0.6) is 0 Å². The predicted molar refractivity (Wildman–Crippen MR) is 115 cm³/mol. The molecule has 2 N–H and O–H groups in total. The Bertz CT molecular complexity index is 448. The molecule has 4 heteroatoms. The maximum atomic E-state index is 12.4. The molecule has 4 nitrogen and oxygen atoms in total. The lowest BCUT2D eigenvalue weighted by Gasteiger charge is -2.43. The summed E-state index contributed by atoms with van der Waals surface area (Å²) in [6.45, 7) is 4.41. The molecule has 0 aromatic rings. The van der Waals surface area contributed by atoms with Gasteiger partial charge in [-0.3, -0.25) is 9.59 Å². The fraction of sp³-hybridized carbons (Fsp3) is 0.917. The van der Waals surface area contributed by atoms with Gasteiger partial charge in [-0.1, -0.05) is 90.9 Å². The second-order valence-electron chi connectivity index (χ2n) is 9.04. The van der Waals surface area contributed by atoms with Crippen molar-refractivity contribution in [3.05, 3.63) is 0 Å². The van der Waals surface area contributed by atoms with Crippen LogP contribution in [0.2, 0.25) is 0 Å². The number of carboxylic acids is 2. The standard InChI is InChI=1S/C24H44O4/c1-3-5-7-9-11-13-15-21-19-20(22(25)26)16-18-24(21,23(27)28)17-14-12-10-8-6-4-2/h20-21H,3-19H2,1-2H3,(H,25,26)(H,27,28). The van der Waals surface area contributed by atoms with E-state index in [2.05, 4.69) is 13.8 Å². The van der Waals surface area contributed by atoms with E-state index in [9.17, 15) is 19.8 Å². The van der Waals surface area contributed by atoms with Crippen LogP contribution in [0.4, 0.5) is 0 Å². The third-order valence-corrected chi connectivity index (χ3v) is 6.95. The SMILES string of the molecule is CCCCCCCCC1CC(C(=O)O)CCC1(CCCCCCCC)C(=O)O. The molecule has 0 aromatic carbocycles. The molecule has 0 bridgehead atoms. The maximum Gasteiger partial charge on any atom is 0.309 e. The molecule has 1 fully saturated rings. The lowest BCUT2D eigenvalue weighted by atomic mass is 9.59. The number of hydrogen-bond donors (Lipinski definition) is 2. The maximum absolute atomic E-state index is 12.4. The summed E-state index contributed by atoms with van der Waals surface area (Å²) in [5.41, 5.74) is -0.694. The first-order valence-corrected chi connectivity index (χ1v) is 11.9. The van der Waals surface area contributed by atoms with Crippen molar-refractivity contribution in [3.63, 3.8) is 0 Å². The van der Waals surface area contributed by atoms with E-state index in [0.717, 1.165) is 38.5 Å². The van der Waals surface area contributed by atoms with E-state index in [1.807, 2.05) is 0 Å². The number of carboxylic acid groups (broad SMARTS) is 2. The number of unbranched alkanes of at least 4 members (excludes halogenated alkanes) is 10. The summed E-state index contributed by atoms with van der Waals surface area (Å²) in [7, 11) is 0. The van der Waals surface area contributed by atoms with Gasteiger partial charge in [-0.25, -0.2) is 0 Å². The van der Waals surface area contributed by atoms with E-state index >= 15 is 0 Å². The van der Waals surface area contributed by atoms with Gasteiger partial charge < -0.3 is 10.2 Å². The molecule has 0 saturated heterocycles. The lowest BCUT2D eigenvalue weighted by molar-refractivity contribution is -0.161. The summed E-state index contributed by atoms with van der Waals surface area (Å²) in [6.07, 6.45) is 17.3. The Morgan fingerprint density at radius 3 is 1.89 bits per heavy atom. The van der Waals surface area contributed by atoms with E-state index in [0.29, 0.717) is 19.3 Å². The van der Waals surface area contributed by atoms with Crippen molar-refractivity contribution in [1.82, 2.24) is 0 Å². The summed E-state index contributed by atoms with van der Waals surface area (Å²) in [5.74, 6) is -1.77. The molecule has 0 spiro atoms. The van der Waals surface area contributed by atoms with Crippen molar-refractivity contribution < 1.29 is 19.8 Å². The van der Waals surface area contributed by atoms with Crippen LogP contribution in [-0.4, -0.2) is 22.2 Å². The number of rotatable bonds is 16. The first-order valence-electron chi connectivity index (χ1n) is 11.9. The second kappa shape index (κ2) is 14.0. The lowest BCUT2D eigenvalue weighted by Crippen LogP contribution is -2.44. The Morgan fingerprint density at radius 1 is 0.821 bits per heavy atom. The van der Waals surface area contributed by atoms with Crippen LogP contribution in [0.1, 0.15) is 123 Å². The van der Waals surface area contributed by atoms with Crippen LogP contribution in [0.3, 0.4) is 0 Å². The van der Waals surface area contributed by atoms with Crippen molar-refractivity contribution in [2.45, 2.75) is 123 Å². The van der Waals surface area contributed by atoms with Gasteiger partial charge in [-0.05, 0) is 38.0 Å². The van der Waals surface area contributed by atoms with E-state index in [4.69, 9.17) is 0 Å². The third-order valence-electron chi connectivity index (χ3n) is 6.95. The zero-order valence-electron chi connectivity index (χ0n) is 18.4. The van der Waals surface area contributed by atoms with Gasteiger partial charge in [0.15, 0.2) is 0 Å². The molecule has 1 aliphatic carbocycles. The van der Waals surface area contributed by atoms with Crippen LogP contribution < -0.4 is 0 Å². The molecule has 28 heavy (non-hydrogen) atoms. The molecule has 0 aromatic heterocycles. The van der Waals surface area contributed by atoms with Crippen LogP contribution in [0.25, 0.3) is 0 Å². The largest absolute Gasteiger partial charge is 0.481 e. The average Bonchev–Trinajstić information content (AvgIpc) is 2.67. The van der Waals surface area contributed by atoms with Gasteiger partial charge in [-0.15, -0.1) is 0 Å². The molecule has 1 aliphatic rings. The predicted octanol–water partition coefficient (Wildman–Crippen LogP) is 7.06. The van der Waals surface area contributed by atoms with Crippen LogP contribution in [-0.2, 0) is 9.59 Å². The van der Waals surface area contributed by atoms with Crippen molar-refractivity contribution in [2.75, 3.05) is 0 Å². The summed E-state index contributed by atoms with van der Waals surface area (Å²) < 4.78 is 0. The molecule has 1 rings (SSSR count). The first-order chi connectivity index (χ1) is 13.5. The molecule has 1 saturated carbocycles. The zero-order valence-corrected chi connectivity index (χ0v) is 18.4. The number of carbonyl (C=O) groups is 2. The van der Waals surface area contributed by atoms with E-state index in [1.165, 1.54) is 51.4 Å². The third kappa shape index (κ3) is 8.13.